The third-order valence-corrected chi connectivity index (χ3v) is 5.57. The average Bonchev–Trinajstić information content (AvgIpc) is 2.80. The molecular formula is C14H24N2S2. The number of nitrogens with one attached hydrogen (secondary N) is 1. The zero-order chi connectivity index (χ0) is 13.0. The highest BCUT2D eigenvalue weighted by molar-refractivity contribution is 8.00. The van der Waals surface area contributed by atoms with Gasteiger partial charge < -0.3 is 5.32 Å². The highest BCUT2D eigenvalue weighted by Crippen LogP contribution is 2.30. The van der Waals surface area contributed by atoms with Gasteiger partial charge in [0.15, 0.2) is 0 Å². The monoisotopic (exact) mass is 284 g/mol. The second-order valence-electron chi connectivity index (χ2n) is 5.64. The van der Waals surface area contributed by atoms with Crippen LogP contribution in [0.4, 0.5) is 0 Å². The Bertz CT molecular complexity index is 349. The maximum absolute atomic E-state index is 3.57. The molecule has 2 nitrogen and oxygen atoms in total. The molecule has 1 aliphatic heterocycles. The summed E-state index contributed by atoms with van der Waals surface area (Å²) < 4.78 is 0.417. The third kappa shape index (κ3) is 4.26. The summed E-state index contributed by atoms with van der Waals surface area (Å²) in [6.07, 6.45) is 0. The highest BCUT2D eigenvalue weighted by atomic mass is 32.2. The van der Waals surface area contributed by atoms with Crippen molar-refractivity contribution in [2.24, 2.45) is 0 Å². The molecule has 0 aliphatic carbocycles. The molecule has 2 rings (SSSR count). The van der Waals surface area contributed by atoms with Gasteiger partial charge in [-0.1, -0.05) is 6.07 Å². The average molecular weight is 284 g/mol. The minimum absolute atomic E-state index is 0.417. The van der Waals surface area contributed by atoms with E-state index in [0.717, 1.165) is 13.1 Å². The summed E-state index contributed by atoms with van der Waals surface area (Å²) in [6, 6.07) is 4.95. The molecule has 1 unspecified atom stereocenters. The van der Waals surface area contributed by atoms with Gasteiger partial charge in [-0.25, -0.2) is 0 Å². The van der Waals surface area contributed by atoms with E-state index >= 15 is 0 Å². The van der Waals surface area contributed by atoms with Gasteiger partial charge >= 0.3 is 0 Å². The summed E-state index contributed by atoms with van der Waals surface area (Å²) in [4.78, 5) is 4.05. The lowest BCUT2D eigenvalue weighted by molar-refractivity contribution is 0.195. The van der Waals surface area contributed by atoms with E-state index in [1.54, 1.807) is 0 Å². The van der Waals surface area contributed by atoms with Gasteiger partial charge in [0, 0.05) is 47.6 Å². The summed E-state index contributed by atoms with van der Waals surface area (Å²) in [5.74, 6) is 1.27. The van der Waals surface area contributed by atoms with Crippen LogP contribution in [0.3, 0.4) is 0 Å². The molecule has 1 aromatic heterocycles. The summed E-state index contributed by atoms with van der Waals surface area (Å²) in [5, 5.41) is 5.72. The maximum Gasteiger partial charge on any atom is 0.0300 e. The lowest BCUT2D eigenvalue weighted by Crippen LogP contribution is -2.50. The van der Waals surface area contributed by atoms with Crippen LogP contribution in [0.2, 0.25) is 0 Å². The smallest absolute Gasteiger partial charge is 0.0300 e. The zero-order valence-electron chi connectivity index (χ0n) is 11.6. The Labute approximate surface area is 119 Å². The number of nitrogens with zero attached hydrogens (tertiary/aromatic N) is 1. The van der Waals surface area contributed by atoms with Gasteiger partial charge in [-0.2, -0.15) is 11.8 Å². The predicted octanol–water partition coefficient (Wildman–Crippen LogP) is 3.05. The normalized spacial score (nSPS) is 21.9. The van der Waals surface area contributed by atoms with Crippen LogP contribution in [0.5, 0.6) is 0 Å². The van der Waals surface area contributed by atoms with Crippen molar-refractivity contribution in [3.63, 3.8) is 0 Å². The van der Waals surface area contributed by atoms with Crippen molar-refractivity contribution < 1.29 is 0 Å². The fourth-order valence-electron chi connectivity index (χ4n) is 2.38. The van der Waals surface area contributed by atoms with Crippen molar-refractivity contribution in [3.8, 4) is 0 Å². The predicted molar refractivity (Wildman–Crippen MR) is 83.6 cm³/mol. The molecule has 1 aliphatic rings. The topological polar surface area (TPSA) is 15.3 Å². The van der Waals surface area contributed by atoms with Crippen molar-refractivity contribution >= 4 is 23.1 Å². The first kappa shape index (κ1) is 14.4. The molecule has 0 saturated carbocycles. The fraction of sp³-hybridized carbons (Fsp3) is 0.714. The SMILES string of the molecule is CC(CNCc1cccs1)N1CCSC(C)(C)C1. The molecule has 1 atom stereocenters. The van der Waals surface area contributed by atoms with Gasteiger partial charge in [0.05, 0.1) is 0 Å². The standard InChI is InChI=1S/C14H24N2S2/c1-12(9-15-10-13-5-4-7-17-13)16-6-8-18-14(2,3)11-16/h4-5,7,12,15H,6,8-11H2,1-3H3. The number of hydrogen-bond acceptors (Lipinski definition) is 4. The highest BCUT2D eigenvalue weighted by Gasteiger charge is 2.29. The molecule has 1 saturated heterocycles. The van der Waals surface area contributed by atoms with E-state index in [1.807, 2.05) is 11.3 Å². The molecule has 0 amide bonds. The quantitative estimate of drug-likeness (QED) is 0.894. The third-order valence-electron chi connectivity index (χ3n) is 3.40. The van der Waals surface area contributed by atoms with Crippen LogP contribution in [0.25, 0.3) is 0 Å². The van der Waals surface area contributed by atoms with Gasteiger partial charge in [-0.05, 0) is 32.2 Å². The van der Waals surface area contributed by atoms with Crippen molar-refractivity contribution in [2.75, 3.05) is 25.4 Å². The van der Waals surface area contributed by atoms with Crippen LogP contribution in [0.1, 0.15) is 25.6 Å². The van der Waals surface area contributed by atoms with Crippen LogP contribution in [0.15, 0.2) is 17.5 Å². The molecule has 4 heteroatoms. The Morgan fingerprint density at radius 3 is 3.00 bits per heavy atom. The Balaban J connectivity index is 1.72. The lowest BCUT2D eigenvalue weighted by atomic mass is 10.1. The number of thiophene rings is 1. The van der Waals surface area contributed by atoms with Gasteiger partial charge in [0.1, 0.15) is 0 Å². The molecule has 0 aromatic carbocycles. The van der Waals surface area contributed by atoms with Crippen LogP contribution < -0.4 is 5.32 Å². The molecule has 0 bridgehead atoms. The Morgan fingerprint density at radius 1 is 1.50 bits per heavy atom. The van der Waals surface area contributed by atoms with Crippen molar-refractivity contribution in [3.05, 3.63) is 22.4 Å². The van der Waals surface area contributed by atoms with Crippen molar-refractivity contribution in [1.82, 2.24) is 10.2 Å². The van der Waals surface area contributed by atoms with Crippen molar-refractivity contribution in [1.29, 1.82) is 0 Å². The van der Waals surface area contributed by atoms with Gasteiger partial charge in [0.2, 0.25) is 0 Å². The summed E-state index contributed by atoms with van der Waals surface area (Å²) >= 11 is 3.93. The molecule has 1 aromatic rings. The van der Waals surface area contributed by atoms with Gasteiger partial charge in [-0.15, -0.1) is 11.3 Å². The minimum atomic E-state index is 0.417. The van der Waals surface area contributed by atoms with Crippen LogP contribution in [-0.2, 0) is 6.54 Å². The molecule has 1 fully saturated rings. The Morgan fingerprint density at radius 2 is 2.33 bits per heavy atom. The zero-order valence-corrected chi connectivity index (χ0v) is 13.2. The van der Waals surface area contributed by atoms with Crippen LogP contribution in [0, 0.1) is 0 Å². The summed E-state index contributed by atoms with van der Waals surface area (Å²) in [7, 11) is 0. The van der Waals surface area contributed by atoms with Crippen molar-refractivity contribution in [2.45, 2.75) is 38.1 Å². The van der Waals surface area contributed by atoms with E-state index in [-0.39, 0.29) is 0 Å². The largest absolute Gasteiger partial charge is 0.310 e. The van der Waals surface area contributed by atoms with Crippen LogP contribution >= 0.6 is 23.1 Å². The first-order chi connectivity index (χ1) is 8.57. The first-order valence-electron chi connectivity index (χ1n) is 6.68. The molecule has 102 valence electrons. The minimum Gasteiger partial charge on any atom is -0.310 e. The first-order valence-corrected chi connectivity index (χ1v) is 8.54. The van der Waals surface area contributed by atoms with E-state index < -0.39 is 0 Å². The molecule has 0 radical (unpaired) electrons. The Kier molecular flexibility index (Phi) is 5.13. The van der Waals surface area contributed by atoms with Gasteiger partial charge in [-0.3, -0.25) is 4.90 Å². The van der Waals surface area contributed by atoms with E-state index in [1.165, 1.54) is 23.7 Å². The van der Waals surface area contributed by atoms with E-state index in [2.05, 4.69) is 60.3 Å². The molecule has 1 N–H and O–H groups in total. The van der Waals surface area contributed by atoms with E-state index in [9.17, 15) is 0 Å². The fourth-order valence-corrected chi connectivity index (χ4v) is 4.19. The number of rotatable bonds is 5. The second-order valence-corrected chi connectivity index (χ2v) is 8.47. The number of thioether (sulfide) groups is 1. The number of hydrogen-bond donors (Lipinski definition) is 1. The Hall–Kier alpha value is -0.0300. The van der Waals surface area contributed by atoms with E-state index in [0.29, 0.717) is 10.8 Å². The maximum atomic E-state index is 3.57. The molecule has 0 spiro atoms. The van der Waals surface area contributed by atoms with E-state index in [4.69, 9.17) is 0 Å². The molecular weight excluding hydrogens is 260 g/mol. The lowest BCUT2D eigenvalue weighted by Gasteiger charge is -2.40. The molecule has 18 heavy (non-hydrogen) atoms. The second kappa shape index (κ2) is 6.42. The van der Waals surface area contributed by atoms with Gasteiger partial charge in [0.25, 0.3) is 0 Å². The molecule has 2 heterocycles. The summed E-state index contributed by atoms with van der Waals surface area (Å²) in [5.41, 5.74) is 0. The summed E-state index contributed by atoms with van der Waals surface area (Å²) in [6.45, 7) is 11.6. The van der Waals surface area contributed by atoms with Crippen LogP contribution in [-0.4, -0.2) is 41.1 Å².